The molecule has 0 saturated heterocycles. The Kier molecular flexibility index (Phi) is 5.78. The summed E-state index contributed by atoms with van der Waals surface area (Å²) < 4.78 is 0. The van der Waals surface area contributed by atoms with Crippen molar-refractivity contribution in [1.29, 1.82) is 0 Å². The molecule has 0 aliphatic rings. The number of rotatable bonds is 6. The van der Waals surface area contributed by atoms with E-state index in [1.807, 2.05) is 19.9 Å². The van der Waals surface area contributed by atoms with E-state index in [4.69, 9.17) is 5.11 Å². The van der Waals surface area contributed by atoms with E-state index in [1.54, 1.807) is 12.4 Å². The van der Waals surface area contributed by atoms with Crippen LogP contribution < -0.4 is 10.6 Å². The first-order valence-electron chi connectivity index (χ1n) is 6.21. The van der Waals surface area contributed by atoms with Crippen molar-refractivity contribution in [1.82, 2.24) is 15.6 Å². The van der Waals surface area contributed by atoms with Gasteiger partial charge in [0.25, 0.3) is 0 Å². The van der Waals surface area contributed by atoms with Crippen LogP contribution in [0.1, 0.15) is 30.9 Å². The van der Waals surface area contributed by atoms with Crippen molar-refractivity contribution in [2.45, 2.75) is 39.3 Å². The molecular weight excluding hydrogens is 246 g/mol. The van der Waals surface area contributed by atoms with Crippen molar-refractivity contribution in [3.8, 4) is 0 Å². The van der Waals surface area contributed by atoms with E-state index < -0.39 is 18.0 Å². The Morgan fingerprint density at radius 1 is 1.47 bits per heavy atom. The number of aryl methyl sites for hydroxylation is 1. The summed E-state index contributed by atoms with van der Waals surface area (Å²) in [5, 5.41) is 14.0. The summed E-state index contributed by atoms with van der Waals surface area (Å²) in [4.78, 5) is 26.5. The number of aromatic nitrogens is 1. The molecule has 19 heavy (non-hydrogen) atoms. The first-order chi connectivity index (χ1) is 9.04. The number of carboxylic acid groups (broad SMARTS) is 1. The molecule has 0 bridgehead atoms. The van der Waals surface area contributed by atoms with Gasteiger partial charge in [0, 0.05) is 18.9 Å². The number of hydrogen-bond acceptors (Lipinski definition) is 3. The summed E-state index contributed by atoms with van der Waals surface area (Å²) >= 11 is 0. The maximum Gasteiger partial charge on any atom is 0.326 e. The molecule has 1 aromatic heterocycles. The fourth-order valence-corrected chi connectivity index (χ4v) is 1.63. The lowest BCUT2D eigenvalue weighted by atomic mass is 10.1. The lowest BCUT2D eigenvalue weighted by molar-refractivity contribution is -0.139. The van der Waals surface area contributed by atoms with Crippen molar-refractivity contribution in [2.24, 2.45) is 0 Å². The normalized spacial score (nSPS) is 11.7. The average Bonchev–Trinajstić information content (AvgIpc) is 2.37. The highest BCUT2D eigenvalue weighted by molar-refractivity contribution is 5.82. The highest BCUT2D eigenvalue weighted by atomic mass is 16.4. The van der Waals surface area contributed by atoms with Gasteiger partial charge in [-0.3, -0.25) is 4.98 Å². The molecule has 0 unspecified atom stereocenters. The minimum absolute atomic E-state index is 0.346. The van der Waals surface area contributed by atoms with Crippen LogP contribution in [0.25, 0.3) is 0 Å². The van der Waals surface area contributed by atoms with Crippen molar-refractivity contribution >= 4 is 12.0 Å². The van der Waals surface area contributed by atoms with Crippen LogP contribution in [0.15, 0.2) is 18.5 Å². The van der Waals surface area contributed by atoms with Crippen LogP contribution in [0.5, 0.6) is 0 Å². The number of aliphatic carboxylic acids is 1. The van der Waals surface area contributed by atoms with Gasteiger partial charge in [-0.05, 0) is 30.5 Å². The van der Waals surface area contributed by atoms with Gasteiger partial charge in [0.05, 0.1) is 0 Å². The molecular formula is C13H19N3O3. The second-order valence-electron chi connectivity index (χ2n) is 4.31. The minimum atomic E-state index is -1.02. The Labute approximate surface area is 112 Å². The molecule has 6 heteroatoms. The number of pyridine rings is 1. The molecule has 0 spiro atoms. The largest absolute Gasteiger partial charge is 0.480 e. The maximum atomic E-state index is 11.6. The first-order valence-corrected chi connectivity index (χ1v) is 6.21. The van der Waals surface area contributed by atoms with Gasteiger partial charge < -0.3 is 15.7 Å². The summed E-state index contributed by atoms with van der Waals surface area (Å²) in [5.41, 5.74) is 1.93. The van der Waals surface area contributed by atoms with E-state index in [2.05, 4.69) is 15.6 Å². The van der Waals surface area contributed by atoms with E-state index in [1.165, 1.54) is 0 Å². The Hall–Kier alpha value is -2.11. The van der Waals surface area contributed by atoms with Gasteiger partial charge in [0.1, 0.15) is 6.04 Å². The third-order valence-corrected chi connectivity index (χ3v) is 2.76. The number of nitrogens with one attached hydrogen (secondary N) is 2. The van der Waals surface area contributed by atoms with E-state index in [0.717, 1.165) is 11.1 Å². The SMILES string of the molecule is CCC[C@H](NC(=O)NCc1ccncc1C)C(=O)O. The molecule has 3 N–H and O–H groups in total. The highest BCUT2D eigenvalue weighted by Gasteiger charge is 2.18. The predicted octanol–water partition coefficient (Wildman–Crippen LogP) is 1.44. The Morgan fingerprint density at radius 2 is 2.21 bits per heavy atom. The molecule has 0 aromatic carbocycles. The van der Waals surface area contributed by atoms with Crippen molar-refractivity contribution in [3.63, 3.8) is 0 Å². The molecule has 1 atom stereocenters. The zero-order chi connectivity index (χ0) is 14.3. The molecule has 0 saturated carbocycles. The Balaban J connectivity index is 2.47. The molecule has 0 fully saturated rings. The molecule has 1 rings (SSSR count). The number of urea groups is 1. The second kappa shape index (κ2) is 7.35. The first kappa shape index (κ1) is 14.9. The highest BCUT2D eigenvalue weighted by Crippen LogP contribution is 2.04. The monoisotopic (exact) mass is 265 g/mol. The number of carboxylic acids is 1. The summed E-state index contributed by atoms with van der Waals surface area (Å²) in [6.07, 6.45) is 4.48. The Bertz CT molecular complexity index is 449. The molecule has 6 nitrogen and oxygen atoms in total. The van der Waals surface area contributed by atoms with Crippen molar-refractivity contribution < 1.29 is 14.7 Å². The fraction of sp³-hybridized carbons (Fsp3) is 0.462. The molecule has 1 heterocycles. The lowest BCUT2D eigenvalue weighted by Gasteiger charge is -2.14. The third-order valence-electron chi connectivity index (χ3n) is 2.76. The minimum Gasteiger partial charge on any atom is -0.480 e. The van der Waals surface area contributed by atoms with E-state index in [0.29, 0.717) is 19.4 Å². The van der Waals surface area contributed by atoms with Crippen LogP contribution >= 0.6 is 0 Å². The lowest BCUT2D eigenvalue weighted by Crippen LogP contribution is -2.45. The maximum absolute atomic E-state index is 11.6. The average molecular weight is 265 g/mol. The van der Waals surface area contributed by atoms with Gasteiger partial charge in [-0.15, -0.1) is 0 Å². The van der Waals surface area contributed by atoms with Crippen LogP contribution in [-0.2, 0) is 11.3 Å². The summed E-state index contributed by atoms with van der Waals surface area (Å²) in [6.45, 7) is 4.12. The van der Waals surface area contributed by atoms with Crippen LogP contribution in [-0.4, -0.2) is 28.1 Å². The van der Waals surface area contributed by atoms with Crippen LogP contribution in [0.2, 0.25) is 0 Å². The van der Waals surface area contributed by atoms with Crippen LogP contribution in [0, 0.1) is 6.92 Å². The molecule has 2 amide bonds. The van der Waals surface area contributed by atoms with Crippen molar-refractivity contribution in [3.05, 3.63) is 29.6 Å². The van der Waals surface area contributed by atoms with E-state index >= 15 is 0 Å². The molecule has 0 aliphatic carbocycles. The van der Waals surface area contributed by atoms with E-state index in [9.17, 15) is 9.59 Å². The molecule has 1 aromatic rings. The van der Waals surface area contributed by atoms with Gasteiger partial charge in [-0.2, -0.15) is 0 Å². The zero-order valence-corrected chi connectivity index (χ0v) is 11.1. The number of carbonyl (C=O) groups excluding carboxylic acids is 1. The van der Waals surface area contributed by atoms with E-state index in [-0.39, 0.29) is 0 Å². The number of hydrogen-bond donors (Lipinski definition) is 3. The van der Waals surface area contributed by atoms with Crippen LogP contribution in [0.4, 0.5) is 4.79 Å². The quantitative estimate of drug-likeness (QED) is 0.726. The Morgan fingerprint density at radius 3 is 2.79 bits per heavy atom. The second-order valence-corrected chi connectivity index (χ2v) is 4.31. The summed E-state index contributed by atoms with van der Waals surface area (Å²) in [6, 6.07) is 0.497. The summed E-state index contributed by atoms with van der Waals surface area (Å²) in [7, 11) is 0. The number of nitrogens with zero attached hydrogens (tertiary/aromatic N) is 1. The molecule has 0 aliphatic heterocycles. The fourth-order valence-electron chi connectivity index (χ4n) is 1.63. The van der Waals surface area contributed by atoms with Gasteiger partial charge in [0.2, 0.25) is 0 Å². The smallest absolute Gasteiger partial charge is 0.326 e. The number of amides is 2. The molecule has 0 radical (unpaired) electrons. The number of carbonyl (C=O) groups is 2. The van der Waals surface area contributed by atoms with Crippen molar-refractivity contribution in [2.75, 3.05) is 0 Å². The van der Waals surface area contributed by atoms with Gasteiger partial charge in [-0.1, -0.05) is 13.3 Å². The zero-order valence-electron chi connectivity index (χ0n) is 11.1. The van der Waals surface area contributed by atoms with Gasteiger partial charge in [0.15, 0.2) is 0 Å². The van der Waals surface area contributed by atoms with Gasteiger partial charge in [-0.25, -0.2) is 9.59 Å². The predicted molar refractivity (Wildman–Crippen MR) is 70.7 cm³/mol. The third kappa shape index (κ3) is 4.95. The summed E-state index contributed by atoms with van der Waals surface area (Å²) in [5.74, 6) is -1.02. The molecule has 104 valence electrons. The standard InChI is InChI=1S/C13H19N3O3/c1-3-4-11(12(17)18)16-13(19)15-8-10-5-6-14-7-9(10)2/h5-7,11H,3-4,8H2,1-2H3,(H,17,18)(H2,15,16,19)/t11-/m0/s1. The van der Waals surface area contributed by atoms with Crippen LogP contribution in [0.3, 0.4) is 0 Å². The van der Waals surface area contributed by atoms with Gasteiger partial charge >= 0.3 is 12.0 Å². The topological polar surface area (TPSA) is 91.3 Å².